The number of hydrogen-bond acceptors (Lipinski definition) is 5. The fourth-order valence-corrected chi connectivity index (χ4v) is 3.30. The molecule has 5 heteroatoms. The van der Waals surface area contributed by atoms with E-state index in [9.17, 15) is 5.11 Å². The van der Waals surface area contributed by atoms with Gasteiger partial charge in [0.1, 0.15) is 10.8 Å². The Balaban J connectivity index is 1.66. The molecule has 3 aromatic rings. The normalized spacial score (nSPS) is 13.6. The van der Waals surface area contributed by atoms with Crippen LogP contribution in [0.3, 0.4) is 0 Å². The van der Waals surface area contributed by atoms with Crippen molar-refractivity contribution in [2.75, 3.05) is 13.2 Å². The van der Waals surface area contributed by atoms with Crippen LogP contribution >= 0.6 is 11.3 Å². The lowest BCUT2D eigenvalue weighted by molar-refractivity contribution is 0.297. The predicted octanol–water partition coefficient (Wildman–Crippen LogP) is 4.34. The van der Waals surface area contributed by atoms with Gasteiger partial charge in [0.2, 0.25) is 0 Å². The van der Waals surface area contributed by atoms with Gasteiger partial charge in [-0.1, -0.05) is 0 Å². The molecule has 0 atom stereocenters. The summed E-state index contributed by atoms with van der Waals surface area (Å²) in [6.45, 7) is 1.36. The first-order valence-electron chi connectivity index (χ1n) is 7.44. The Kier molecular flexibility index (Phi) is 3.63. The van der Waals surface area contributed by atoms with Gasteiger partial charge in [-0.3, -0.25) is 0 Å². The van der Waals surface area contributed by atoms with Gasteiger partial charge in [0.15, 0.2) is 11.5 Å². The minimum Gasteiger partial charge on any atom is -0.508 e. The van der Waals surface area contributed by atoms with Gasteiger partial charge in [-0.25, -0.2) is 4.98 Å². The van der Waals surface area contributed by atoms with Gasteiger partial charge in [0, 0.05) is 22.9 Å². The van der Waals surface area contributed by atoms with E-state index in [1.807, 2.05) is 35.7 Å². The second-order valence-corrected chi connectivity index (χ2v) is 6.15. The lowest BCUT2D eigenvalue weighted by Crippen LogP contribution is -1.97. The number of benzene rings is 2. The number of thiazole rings is 1. The third-order valence-corrected chi connectivity index (χ3v) is 4.55. The van der Waals surface area contributed by atoms with E-state index in [0.29, 0.717) is 13.2 Å². The molecule has 0 unspecified atom stereocenters. The van der Waals surface area contributed by atoms with Crippen LogP contribution in [0.15, 0.2) is 47.8 Å². The van der Waals surface area contributed by atoms with Crippen LogP contribution in [-0.2, 0) is 0 Å². The monoisotopic (exact) mass is 325 g/mol. The van der Waals surface area contributed by atoms with Crippen LogP contribution < -0.4 is 9.47 Å². The predicted molar refractivity (Wildman–Crippen MR) is 90.3 cm³/mol. The molecular weight excluding hydrogens is 310 g/mol. The van der Waals surface area contributed by atoms with Crippen molar-refractivity contribution in [1.29, 1.82) is 0 Å². The smallest absolute Gasteiger partial charge is 0.161 e. The molecule has 0 bridgehead atoms. The summed E-state index contributed by atoms with van der Waals surface area (Å²) in [6, 6.07) is 13.0. The van der Waals surface area contributed by atoms with Crippen molar-refractivity contribution < 1.29 is 14.6 Å². The molecule has 0 fully saturated rings. The zero-order valence-electron chi connectivity index (χ0n) is 12.4. The molecule has 1 N–H and O–H groups in total. The van der Waals surface area contributed by atoms with Crippen LogP contribution in [0.2, 0.25) is 0 Å². The minimum absolute atomic E-state index is 0.258. The average Bonchev–Trinajstić information content (AvgIpc) is 2.94. The van der Waals surface area contributed by atoms with Crippen LogP contribution in [0.1, 0.15) is 6.42 Å². The van der Waals surface area contributed by atoms with Gasteiger partial charge in [-0.2, -0.15) is 0 Å². The van der Waals surface area contributed by atoms with Gasteiger partial charge >= 0.3 is 0 Å². The van der Waals surface area contributed by atoms with E-state index in [4.69, 9.17) is 14.5 Å². The lowest BCUT2D eigenvalue weighted by atomic mass is 10.1. The van der Waals surface area contributed by atoms with E-state index in [0.717, 1.165) is 39.7 Å². The summed E-state index contributed by atoms with van der Waals surface area (Å²) in [5.41, 5.74) is 2.91. The zero-order chi connectivity index (χ0) is 15.6. The molecule has 116 valence electrons. The molecule has 1 aliphatic heterocycles. The number of fused-ring (bicyclic) bond motifs is 1. The van der Waals surface area contributed by atoms with E-state index < -0.39 is 0 Å². The van der Waals surface area contributed by atoms with Crippen molar-refractivity contribution in [3.8, 4) is 39.1 Å². The third-order valence-electron chi connectivity index (χ3n) is 3.66. The number of rotatable bonds is 2. The van der Waals surface area contributed by atoms with Crippen molar-refractivity contribution in [1.82, 2.24) is 4.98 Å². The second kappa shape index (κ2) is 5.93. The summed E-state index contributed by atoms with van der Waals surface area (Å²) in [5.74, 6) is 1.83. The number of phenolic OH excluding ortho intramolecular Hbond substituents is 1. The molecule has 1 aliphatic rings. The molecule has 0 aliphatic carbocycles. The fraction of sp³-hybridized carbons (Fsp3) is 0.167. The topological polar surface area (TPSA) is 51.6 Å². The Labute approximate surface area is 138 Å². The number of ether oxygens (including phenoxy) is 2. The van der Waals surface area contributed by atoms with Crippen molar-refractivity contribution in [2.24, 2.45) is 0 Å². The van der Waals surface area contributed by atoms with Gasteiger partial charge < -0.3 is 14.6 Å². The molecule has 23 heavy (non-hydrogen) atoms. The van der Waals surface area contributed by atoms with E-state index in [1.54, 1.807) is 23.5 Å². The summed E-state index contributed by atoms with van der Waals surface area (Å²) in [7, 11) is 0. The van der Waals surface area contributed by atoms with Crippen LogP contribution in [-0.4, -0.2) is 23.3 Å². The maximum Gasteiger partial charge on any atom is 0.161 e. The molecule has 0 amide bonds. The van der Waals surface area contributed by atoms with Crippen molar-refractivity contribution in [2.45, 2.75) is 6.42 Å². The maximum absolute atomic E-state index is 9.38. The molecule has 4 nitrogen and oxygen atoms in total. The highest BCUT2D eigenvalue weighted by atomic mass is 32.1. The molecular formula is C18H15NO3S. The first-order chi connectivity index (χ1) is 11.3. The van der Waals surface area contributed by atoms with Crippen LogP contribution in [0.5, 0.6) is 17.2 Å². The summed E-state index contributed by atoms with van der Waals surface area (Å²) in [4.78, 5) is 4.69. The van der Waals surface area contributed by atoms with Gasteiger partial charge in [-0.15, -0.1) is 11.3 Å². The summed E-state index contributed by atoms with van der Waals surface area (Å²) >= 11 is 1.58. The molecule has 2 heterocycles. The molecule has 0 saturated carbocycles. The Bertz CT molecular complexity index is 827. The Hall–Kier alpha value is -2.53. The Morgan fingerprint density at radius 2 is 1.65 bits per heavy atom. The third kappa shape index (κ3) is 2.87. The Morgan fingerprint density at radius 3 is 2.48 bits per heavy atom. The molecule has 1 aromatic heterocycles. The number of phenols is 1. The van der Waals surface area contributed by atoms with E-state index in [1.165, 1.54) is 0 Å². The SMILES string of the molecule is Oc1ccc(-c2nc(-c3ccc4c(c3)OCCCO4)cs2)cc1. The van der Waals surface area contributed by atoms with E-state index in [-0.39, 0.29) is 5.75 Å². The summed E-state index contributed by atoms with van der Waals surface area (Å²) in [5, 5.41) is 12.3. The lowest BCUT2D eigenvalue weighted by Gasteiger charge is -2.08. The fourth-order valence-electron chi connectivity index (χ4n) is 2.47. The largest absolute Gasteiger partial charge is 0.508 e. The Morgan fingerprint density at radius 1 is 0.913 bits per heavy atom. The van der Waals surface area contributed by atoms with Gasteiger partial charge in [0.25, 0.3) is 0 Å². The zero-order valence-corrected chi connectivity index (χ0v) is 13.2. The molecule has 0 spiro atoms. The average molecular weight is 325 g/mol. The highest BCUT2D eigenvalue weighted by Crippen LogP contribution is 2.36. The maximum atomic E-state index is 9.38. The number of aromatic nitrogens is 1. The van der Waals surface area contributed by atoms with E-state index in [2.05, 4.69) is 0 Å². The van der Waals surface area contributed by atoms with E-state index >= 15 is 0 Å². The number of hydrogen-bond donors (Lipinski definition) is 1. The quantitative estimate of drug-likeness (QED) is 0.761. The summed E-state index contributed by atoms with van der Waals surface area (Å²) in [6.07, 6.45) is 0.895. The van der Waals surface area contributed by atoms with Crippen LogP contribution in [0.25, 0.3) is 21.8 Å². The van der Waals surface area contributed by atoms with Crippen molar-refractivity contribution >= 4 is 11.3 Å². The molecule has 0 saturated heterocycles. The second-order valence-electron chi connectivity index (χ2n) is 5.30. The molecule has 2 aromatic carbocycles. The van der Waals surface area contributed by atoms with Gasteiger partial charge in [-0.05, 0) is 42.5 Å². The number of aromatic hydroxyl groups is 1. The van der Waals surface area contributed by atoms with Crippen LogP contribution in [0.4, 0.5) is 0 Å². The first-order valence-corrected chi connectivity index (χ1v) is 8.32. The highest BCUT2D eigenvalue weighted by molar-refractivity contribution is 7.13. The van der Waals surface area contributed by atoms with Crippen molar-refractivity contribution in [3.63, 3.8) is 0 Å². The first kappa shape index (κ1) is 14.1. The van der Waals surface area contributed by atoms with Crippen LogP contribution in [0, 0.1) is 0 Å². The minimum atomic E-state index is 0.258. The molecule has 4 rings (SSSR count). The standard InChI is InChI=1S/C18H15NO3S/c20-14-5-2-12(3-6-14)18-19-15(11-23-18)13-4-7-16-17(10-13)22-9-1-8-21-16/h2-7,10-11,20H,1,8-9H2. The van der Waals surface area contributed by atoms with Crippen molar-refractivity contribution in [3.05, 3.63) is 47.8 Å². The highest BCUT2D eigenvalue weighted by Gasteiger charge is 2.13. The number of nitrogens with zero attached hydrogens (tertiary/aromatic N) is 1. The molecule has 0 radical (unpaired) electrons. The van der Waals surface area contributed by atoms with Gasteiger partial charge in [0.05, 0.1) is 18.9 Å². The summed E-state index contributed by atoms with van der Waals surface area (Å²) < 4.78 is 11.4.